The summed E-state index contributed by atoms with van der Waals surface area (Å²) in [4.78, 5) is 11.8. The summed E-state index contributed by atoms with van der Waals surface area (Å²) in [5.74, 6) is -0.606. The second-order valence-corrected chi connectivity index (χ2v) is 9.18. The number of nitrogens with one attached hydrogen (secondary N) is 1. The van der Waals surface area contributed by atoms with E-state index in [1.165, 1.54) is 29.0 Å². The lowest BCUT2D eigenvalue weighted by molar-refractivity contribution is -0.137. The van der Waals surface area contributed by atoms with Crippen LogP contribution in [0.1, 0.15) is 31.2 Å². The van der Waals surface area contributed by atoms with Gasteiger partial charge in [0.2, 0.25) is 10.0 Å². The monoisotopic (exact) mass is 476 g/mol. The molecule has 1 saturated heterocycles. The Morgan fingerprint density at radius 2 is 1.81 bits per heavy atom. The summed E-state index contributed by atoms with van der Waals surface area (Å²) in [7, 11) is -2.80. The lowest BCUT2D eigenvalue weighted by Gasteiger charge is -2.33. The second kappa shape index (κ2) is 9.51. The standard InChI is InChI=1S/C20H23F3N2O6S/c1-30-17-4-2-3-16(19(26)24-27)18(17)32(28,29)25-11-9-15(10-12-25)31-14-7-5-13(6-8-14)20(21,22)23/h4-8,15,27H,2-3,9-12H2,1H3,(H,24,26). The number of piperidine rings is 1. The average Bonchev–Trinajstić information content (AvgIpc) is 2.78. The molecule has 1 fully saturated rings. The zero-order chi connectivity index (χ0) is 23.5. The maximum Gasteiger partial charge on any atom is 0.416 e. The van der Waals surface area contributed by atoms with Crippen LogP contribution in [0.3, 0.4) is 0 Å². The van der Waals surface area contributed by atoms with E-state index >= 15 is 0 Å². The molecule has 2 N–H and O–H groups in total. The fourth-order valence-corrected chi connectivity index (χ4v) is 5.56. The summed E-state index contributed by atoms with van der Waals surface area (Å²) in [6, 6.07) is 4.32. The molecular weight excluding hydrogens is 453 g/mol. The van der Waals surface area contributed by atoms with Gasteiger partial charge >= 0.3 is 6.18 Å². The van der Waals surface area contributed by atoms with Gasteiger partial charge in [-0.25, -0.2) is 13.9 Å². The number of benzene rings is 1. The van der Waals surface area contributed by atoms with E-state index in [0.717, 1.165) is 12.1 Å². The molecule has 0 bridgehead atoms. The number of allylic oxidation sites excluding steroid dienone is 1. The Bertz CT molecular complexity index is 1010. The zero-order valence-electron chi connectivity index (χ0n) is 17.2. The summed E-state index contributed by atoms with van der Waals surface area (Å²) < 4.78 is 76.7. The van der Waals surface area contributed by atoms with E-state index in [4.69, 9.17) is 14.7 Å². The number of rotatable bonds is 6. The van der Waals surface area contributed by atoms with Crippen LogP contribution in [0.5, 0.6) is 5.75 Å². The van der Waals surface area contributed by atoms with Crippen LogP contribution >= 0.6 is 0 Å². The van der Waals surface area contributed by atoms with Crippen LogP contribution in [-0.2, 0) is 25.7 Å². The van der Waals surface area contributed by atoms with Gasteiger partial charge in [0, 0.05) is 18.7 Å². The van der Waals surface area contributed by atoms with E-state index in [-0.39, 0.29) is 47.6 Å². The number of methoxy groups -OCH3 is 1. The number of nitrogens with zero attached hydrogens (tertiary/aromatic N) is 1. The highest BCUT2D eigenvalue weighted by Gasteiger charge is 2.38. The third kappa shape index (κ3) is 5.08. The number of alkyl halides is 3. The topological polar surface area (TPSA) is 105 Å². The molecule has 1 amide bonds. The first-order valence-corrected chi connectivity index (χ1v) is 11.3. The van der Waals surface area contributed by atoms with Crippen molar-refractivity contribution in [1.82, 2.24) is 9.79 Å². The highest BCUT2D eigenvalue weighted by molar-refractivity contribution is 7.93. The predicted octanol–water partition coefficient (Wildman–Crippen LogP) is 2.96. The van der Waals surface area contributed by atoms with E-state index in [2.05, 4.69) is 0 Å². The first kappa shape index (κ1) is 24.1. The number of ether oxygens (including phenoxy) is 2. The lowest BCUT2D eigenvalue weighted by Crippen LogP contribution is -2.43. The number of carbonyl (C=O) groups is 1. The molecule has 176 valence electrons. The molecule has 0 spiro atoms. The van der Waals surface area contributed by atoms with Crippen molar-refractivity contribution in [3.05, 3.63) is 52.1 Å². The Balaban J connectivity index is 1.71. The van der Waals surface area contributed by atoms with Crippen molar-refractivity contribution < 1.29 is 41.1 Å². The summed E-state index contributed by atoms with van der Waals surface area (Å²) in [6.45, 7) is 0.171. The van der Waals surface area contributed by atoms with Crippen molar-refractivity contribution in [3.63, 3.8) is 0 Å². The van der Waals surface area contributed by atoms with E-state index in [9.17, 15) is 26.4 Å². The molecule has 1 aliphatic heterocycles. The molecule has 0 atom stereocenters. The van der Waals surface area contributed by atoms with Gasteiger partial charge in [-0.15, -0.1) is 0 Å². The smallest absolute Gasteiger partial charge is 0.416 e. The molecule has 2 aliphatic rings. The van der Waals surface area contributed by atoms with Crippen molar-refractivity contribution in [2.75, 3.05) is 20.2 Å². The van der Waals surface area contributed by atoms with Gasteiger partial charge in [-0.3, -0.25) is 10.0 Å². The summed E-state index contributed by atoms with van der Waals surface area (Å²) in [6.07, 6.45) is -2.12. The highest BCUT2D eigenvalue weighted by Crippen LogP contribution is 2.34. The Kier molecular flexibility index (Phi) is 7.16. The van der Waals surface area contributed by atoms with Gasteiger partial charge in [0.25, 0.3) is 5.91 Å². The summed E-state index contributed by atoms with van der Waals surface area (Å²) in [5, 5.41) is 9.00. The van der Waals surface area contributed by atoms with Gasteiger partial charge in [0.05, 0.1) is 12.7 Å². The molecule has 8 nitrogen and oxygen atoms in total. The molecule has 1 aromatic rings. The largest absolute Gasteiger partial charge is 0.496 e. The van der Waals surface area contributed by atoms with Crippen molar-refractivity contribution in [3.8, 4) is 5.75 Å². The molecule has 1 aromatic carbocycles. The zero-order valence-corrected chi connectivity index (χ0v) is 18.0. The molecule has 0 unspecified atom stereocenters. The van der Waals surface area contributed by atoms with Crippen LogP contribution in [0.15, 0.2) is 46.6 Å². The Labute approximate surface area is 183 Å². The minimum absolute atomic E-state index is 0.0398. The quantitative estimate of drug-likeness (QED) is 0.483. The van der Waals surface area contributed by atoms with Gasteiger partial charge in [-0.1, -0.05) is 0 Å². The van der Waals surface area contributed by atoms with Crippen LogP contribution < -0.4 is 10.2 Å². The van der Waals surface area contributed by atoms with E-state index in [1.54, 1.807) is 6.08 Å². The molecule has 1 aliphatic carbocycles. The molecule has 12 heteroatoms. The minimum Gasteiger partial charge on any atom is -0.496 e. The van der Waals surface area contributed by atoms with Crippen LogP contribution in [-0.4, -0.2) is 50.1 Å². The van der Waals surface area contributed by atoms with Crippen LogP contribution in [0, 0.1) is 0 Å². The maximum atomic E-state index is 13.3. The maximum absolute atomic E-state index is 13.3. The predicted molar refractivity (Wildman–Crippen MR) is 107 cm³/mol. The number of hydrogen-bond donors (Lipinski definition) is 2. The summed E-state index contributed by atoms with van der Waals surface area (Å²) >= 11 is 0. The fourth-order valence-electron chi connectivity index (χ4n) is 3.68. The number of hydroxylamine groups is 1. The number of sulfonamides is 1. The molecule has 1 heterocycles. The van der Waals surface area contributed by atoms with E-state index in [0.29, 0.717) is 19.3 Å². The van der Waals surface area contributed by atoms with Crippen molar-refractivity contribution >= 4 is 15.9 Å². The average molecular weight is 476 g/mol. The molecule has 3 rings (SSSR count). The van der Waals surface area contributed by atoms with Gasteiger partial charge in [0.15, 0.2) is 0 Å². The molecule has 0 radical (unpaired) electrons. The van der Waals surface area contributed by atoms with Gasteiger partial charge in [-0.2, -0.15) is 17.5 Å². The second-order valence-electron chi connectivity index (χ2n) is 7.30. The molecular formula is C20H23F3N2O6S. The van der Waals surface area contributed by atoms with E-state index < -0.39 is 27.7 Å². The Morgan fingerprint density at radius 3 is 2.34 bits per heavy atom. The van der Waals surface area contributed by atoms with Gasteiger partial charge in [-0.05, 0) is 56.0 Å². The minimum atomic E-state index is -4.44. The summed E-state index contributed by atoms with van der Waals surface area (Å²) in [5.41, 5.74) is 0.610. The first-order valence-electron chi connectivity index (χ1n) is 9.84. The van der Waals surface area contributed by atoms with Gasteiger partial charge in [0.1, 0.15) is 22.5 Å². The molecule has 0 saturated carbocycles. The normalized spacial score (nSPS) is 18.8. The SMILES string of the molecule is COC1=CCCC(C(=O)NO)=C1S(=O)(=O)N1CCC(Oc2ccc(C(F)(F)F)cc2)CC1. The van der Waals surface area contributed by atoms with Crippen molar-refractivity contribution in [1.29, 1.82) is 0 Å². The Hall–Kier alpha value is -2.57. The molecule has 32 heavy (non-hydrogen) atoms. The van der Waals surface area contributed by atoms with Crippen molar-refractivity contribution in [2.24, 2.45) is 0 Å². The third-order valence-electron chi connectivity index (χ3n) is 5.30. The highest BCUT2D eigenvalue weighted by atomic mass is 32.2. The number of halogens is 3. The number of hydrogen-bond acceptors (Lipinski definition) is 6. The number of carbonyl (C=O) groups excluding carboxylic acids is 1. The Morgan fingerprint density at radius 1 is 1.19 bits per heavy atom. The first-order chi connectivity index (χ1) is 15.1. The van der Waals surface area contributed by atoms with Crippen LogP contribution in [0.4, 0.5) is 13.2 Å². The fraction of sp³-hybridized carbons (Fsp3) is 0.450. The third-order valence-corrected chi connectivity index (χ3v) is 7.31. The van der Waals surface area contributed by atoms with Crippen LogP contribution in [0.2, 0.25) is 0 Å². The van der Waals surface area contributed by atoms with Crippen molar-refractivity contribution in [2.45, 2.75) is 38.0 Å². The van der Waals surface area contributed by atoms with E-state index in [1.807, 2.05) is 0 Å². The van der Waals surface area contributed by atoms with Gasteiger partial charge < -0.3 is 9.47 Å². The number of amides is 1. The van der Waals surface area contributed by atoms with Crippen LogP contribution in [0.25, 0.3) is 0 Å². The molecule has 0 aromatic heterocycles. The lowest BCUT2D eigenvalue weighted by atomic mass is 10.0.